The summed E-state index contributed by atoms with van der Waals surface area (Å²) < 4.78 is 0. The molecule has 0 aliphatic carbocycles. The van der Waals surface area contributed by atoms with Crippen LogP contribution in [-0.2, 0) is 38.4 Å². The average molecular weight is 538 g/mol. The second-order valence-electron chi connectivity index (χ2n) is 9.53. The van der Waals surface area contributed by atoms with Gasteiger partial charge in [0.2, 0.25) is 17.7 Å². The summed E-state index contributed by atoms with van der Waals surface area (Å²) in [7, 11) is 0. The van der Waals surface area contributed by atoms with Crippen LogP contribution in [0, 0.1) is 0 Å². The Hall–Kier alpha value is -4.98. The van der Waals surface area contributed by atoms with E-state index in [0.29, 0.717) is 0 Å². The molecule has 8 nitrogen and oxygen atoms in total. The van der Waals surface area contributed by atoms with Crippen LogP contribution in [0.1, 0.15) is 16.7 Å². The lowest BCUT2D eigenvalue weighted by molar-refractivity contribution is -0.138. The van der Waals surface area contributed by atoms with E-state index in [4.69, 9.17) is 5.11 Å². The first-order valence-corrected chi connectivity index (χ1v) is 13.0. The summed E-state index contributed by atoms with van der Waals surface area (Å²) in [5.41, 5.74) is 2.44. The molecule has 40 heavy (non-hydrogen) atoms. The molecule has 8 heteroatoms. The van der Waals surface area contributed by atoms with E-state index in [0.717, 1.165) is 27.5 Å². The summed E-state index contributed by atoms with van der Waals surface area (Å²) >= 11 is 0. The Bertz CT molecular complexity index is 1470. The summed E-state index contributed by atoms with van der Waals surface area (Å²) in [6.07, 6.45) is 0.446. The maximum atomic E-state index is 13.5. The number of carboxylic acid groups (broad SMARTS) is 1. The number of amides is 3. The quantitative estimate of drug-likeness (QED) is 0.221. The molecule has 0 aliphatic heterocycles. The van der Waals surface area contributed by atoms with E-state index in [-0.39, 0.29) is 25.2 Å². The van der Waals surface area contributed by atoms with E-state index in [1.165, 1.54) is 0 Å². The van der Waals surface area contributed by atoms with Crippen LogP contribution in [0.25, 0.3) is 10.8 Å². The van der Waals surface area contributed by atoms with Crippen molar-refractivity contribution in [3.8, 4) is 0 Å². The van der Waals surface area contributed by atoms with Gasteiger partial charge in [0.1, 0.15) is 18.6 Å². The van der Waals surface area contributed by atoms with Gasteiger partial charge in [-0.3, -0.25) is 19.2 Å². The Morgan fingerprint density at radius 2 is 1.15 bits per heavy atom. The van der Waals surface area contributed by atoms with Crippen molar-refractivity contribution in [2.75, 3.05) is 6.54 Å². The summed E-state index contributed by atoms with van der Waals surface area (Å²) in [6, 6.07) is 30.0. The van der Waals surface area contributed by atoms with Crippen molar-refractivity contribution < 1.29 is 24.3 Å². The number of hydrogen-bond donors (Lipinski definition) is 4. The highest BCUT2D eigenvalue weighted by atomic mass is 16.4. The number of hydrogen-bond acceptors (Lipinski definition) is 4. The van der Waals surface area contributed by atoms with Gasteiger partial charge in [-0.25, -0.2) is 0 Å². The topological polar surface area (TPSA) is 125 Å². The van der Waals surface area contributed by atoms with Crippen LogP contribution >= 0.6 is 0 Å². The van der Waals surface area contributed by atoms with Gasteiger partial charge in [-0.2, -0.15) is 0 Å². The molecule has 0 saturated heterocycles. The highest BCUT2D eigenvalue weighted by molar-refractivity contribution is 5.93. The SMILES string of the molecule is O=C(O)CNC(=O)[C@H](Cc1ccccc1)NC(=O)[C@H](Cc1ccccc1)NC(=O)Cc1ccc2ccccc2c1. The predicted molar refractivity (Wildman–Crippen MR) is 152 cm³/mol. The predicted octanol–water partition coefficient (Wildman–Crippen LogP) is 3.04. The van der Waals surface area contributed by atoms with Crippen molar-refractivity contribution in [1.82, 2.24) is 16.0 Å². The molecule has 204 valence electrons. The number of carboxylic acids is 1. The van der Waals surface area contributed by atoms with Gasteiger partial charge >= 0.3 is 5.97 Å². The van der Waals surface area contributed by atoms with Crippen molar-refractivity contribution in [1.29, 1.82) is 0 Å². The lowest BCUT2D eigenvalue weighted by Crippen LogP contribution is -2.55. The van der Waals surface area contributed by atoms with Crippen molar-refractivity contribution >= 4 is 34.5 Å². The average Bonchev–Trinajstić information content (AvgIpc) is 2.96. The number of benzene rings is 4. The van der Waals surface area contributed by atoms with Crippen molar-refractivity contribution in [3.63, 3.8) is 0 Å². The number of carbonyl (C=O) groups is 4. The minimum Gasteiger partial charge on any atom is -0.480 e. The van der Waals surface area contributed by atoms with E-state index in [1.807, 2.05) is 103 Å². The molecule has 0 unspecified atom stereocenters. The van der Waals surface area contributed by atoms with Crippen molar-refractivity contribution in [2.45, 2.75) is 31.3 Å². The molecule has 4 aromatic carbocycles. The molecule has 0 spiro atoms. The third-order valence-electron chi connectivity index (χ3n) is 6.44. The number of carbonyl (C=O) groups excluding carboxylic acids is 3. The highest BCUT2D eigenvalue weighted by Crippen LogP contribution is 2.16. The molecular formula is C32H31N3O5. The molecule has 0 saturated carbocycles. The first-order valence-electron chi connectivity index (χ1n) is 13.0. The van der Waals surface area contributed by atoms with E-state index >= 15 is 0 Å². The molecule has 4 rings (SSSR count). The smallest absolute Gasteiger partial charge is 0.322 e. The standard InChI is InChI=1S/C32H31N3O5/c36-29(20-24-15-16-25-13-7-8-14-26(25)17-24)34-28(19-23-11-5-2-6-12-23)32(40)35-27(31(39)33-21-30(37)38)18-22-9-3-1-4-10-22/h1-17,27-28H,18-21H2,(H,33,39)(H,34,36)(H,35,40)(H,37,38)/t27-,28-/m0/s1. The summed E-state index contributed by atoms with van der Waals surface area (Å²) in [5.74, 6) is -2.69. The zero-order valence-electron chi connectivity index (χ0n) is 21.9. The van der Waals surface area contributed by atoms with Gasteiger partial charge in [0.15, 0.2) is 0 Å². The van der Waals surface area contributed by atoms with E-state index < -0.39 is 36.4 Å². The van der Waals surface area contributed by atoms with Gasteiger partial charge in [-0.05, 0) is 27.5 Å². The number of fused-ring (bicyclic) bond motifs is 1. The Morgan fingerprint density at radius 1 is 0.600 bits per heavy atom. The monoisotopic (exact) mass is 537 g/mol. The first-order chi connectivity index (χ1) is 19.4. The maximum Gasteiger partial charge on any atom is 0.322 e. The van der Waals surface area contributed by atoms with Crippen LogP contribution in [0.15, 0.2) is 103 Å². The Balaban J connectivity index is 1.51. The Morgan fingerprint density at radius 3 is 1.75 bits per heavy atom. The maximum absolute atomic E-state index is 13.5. The molecule has 4 aromatic rings. The first kappa shape index (κ1) is 28.0. The molecule has 3 amide bonds. The molecule has 4 N–H and O–H groups in total. The second-order valence-corrected chi connectivity index (χ2v) is 9.53. The van der Waals surface area contributed by atoms with Gasteiger partial charge < -0.3 is 21.1 Å². The minimum atomic E-state index is -1.19. The van der Waals surface area contributed by atoms with Crippen molar-refractivity contribution in [3.05, 3.63) is 120 Å². The molecule has 0 fully saturated rings. The van der Waals surface area contributed by atoms with Gasteiger partial charge in [0.25, 0.3) is 0 Å². The summed E-state index contributed by atoms with van der Waals surface area (Å²) in [6.45, 7) is -0.573. The number of nitrogens with one attached hydrogen (secondary N) is 3. The molecule has 0 aromatic heterocycles. The molecule has 0 radical (unpaired) electrons. The molecule has 2 atom stereocenters. The molecular weight excluding hydrogens is 506 g/mol. The van der Waals surface area contributed by atoms with E-state index in [2.05, 4.69) is 16.0 Å². The minimum absolute atomic E-state index is 0.0793. The fourth-order valence-electron chi connectivity index (χ4n) is 4.46. The van der Waals surface area contributed by atoms with E-state index in [9.17, 15) is 19.2 Å². The number of rotatable bonds is 12. The zero-order valence-corrected chi connectivity index (χ0v) is 21.9. The lowest BCUT2D eigenvalue weighted by atomic mass is 10.0. The van der Waals surface area contributed by atoms with Crippen LogP contribution in [0.5, 0.6) is 0 Å². The molecule has 0 bridgehead atoms. The Kier molecular flexibility index (Phi) is 9.61. The molecule has 0 aliphatic rings. The summed E-state index contributed by atoms with van der Waals surface area (Å²) in [5, 5.41) is 19.0. The van der Waals surface area contributed by atoms with Crippen LogP contribution in [0.3, 0.4) is 0 Å². The summed E-state index contributed by atoms with van der Waals surface area (Å²) in [4.78, 5) is 50.5. The van der Waals surface area contributed by atoms with Gasteiger partial charge in [-0.1, -0.05) is 103 Å². The van der Waals surface area contributed by atoms with Gasteiger partial charge in [0, 0.05) is 12.8 Å². The van der Waals surface area contributed by atoms with Crippen LogP contribution in [0.2, 0.25) is 0 Å². The van der Waals surface area contributed by atoms with Crippen LogP contribution in [0.4, 0.5) is 0 Å². The van der Waals surface area contributed by atoms with Crippen molar-refractivity contribution in [2.24, 2.45) is 0 Å². The number of aliphatic carboxylic acids is 1. The second kappa shape index (κ2) is 13.7. The Labute approximate surface area is 232 Å². The van der Waals surface area contributed by atoms with E-state index in [1.54, 1.807) is 0 Å². The van der Waals surface area contributed by atoms with Gasteiger partial charge in [0.05, 0.1) is 6.42 Å². The fraction of sp³-hybridized carbons (Fsp3) is 0.188. The highest BCUT2D eigenvalue weighted by Gasteiger charge is 2.27. The third kappa shape index (κ3) is 8.26. The largest absolute Gasteiger partial charge is 0.480 e. The molecule has 0 heterocycles. The normalized spacial score (nSPS) is 12.2. The third-order valence-corrected chi connectivity index (χ3v) is 6.44. The zero-order chi connectivity index (χ0) is 28.3. The fourth-order valence-corrected chi connectivity index (χ4v) is 4.46. The van der Waals surface area contributed by atoms with Gasteiger partial charge in [-0.15, -0.1) is 0 Å². The lowest BCUT2D eigenvalue weighted by Gasteiger charge is -2.23. The van der Waals surface area contributed by atoms with Crippen LogP contribution < -0.4 is 16.0 Å². The van der Waals surface area contributed by atoms with Crippen LogP contribution in [-0.4, -0.2) is 47.4 Å².